The van der Waals surface area contributed by atoms with E-state index in [2.05, 4.69) is 10.6 Å². The van der Waals surface area contributed by atoms with Crippen LogP contribution in [0.15, 0.2) is 84.4 Å². The Labute approximate surface area is 234 Å². The molecular weight excluding hydrogens is 508 g/mol. The first kappa shape index (κ1) is 29.8. The zero-order valence-electron chi connectivity index (χ0n) is 23.5. The van der Waals surface area contributed by atoms with E-state index in [0.717, 1.165) is 0 Å². The summed E-state index contributed by atoms with van der Waals surface area (Å²) in [6, 6.07) is 21.6. The van der Waals surface area contributed by atoms with Gasteiger partial charge in [-0.1, -0.05) is 54.6 Å². The lowest BCUT2D eigenvalue weighted by atomic mass is 10.1. The second-order valence-electron chi connectivity index (χ2n) is 11.0. The maximum atomic E-state index is 13.5. The van der Waals surface area contributed by atoms with Gasteiger partial charge in [0.15, 0.2) is 0 Å². The Morgan fingerprint density at radius 3 is 1.35 bits per heavy atom. The van der Waals surface area contributed by atoms with Gasteiger partial charge in [0.25, 0.3) is 11.8 Å². The van der Waals surface area contributed by atoms with Crippen molar-refractivity contribution in [1.82, 2.24) is 0 Å². The average molecular weight is 543 g/mol. The van der Waals surface area contributed by atoms with Gasteiger partial charge >= 0.3 is 11.9 Å². The predicted molar refractivity (Wildman–Crippen MR) is 155 cm³/mol. The molecule has 0 aliphatic rings. The summed E-state index contributed by atoms with van der Waals surface area (Å²) in [5.74, 6) is -2.75. The van der Waals surface area contributed by atoms with E-state index in [-0.39, 0.29) is 28.1 Å². The van der Waals surface area contributed by atoms with Crippen molar-refractivity contribution in [2.45, 2.75) is 52.7 Å². The summed E-state index contributed by atoms with van der Waals surface area (Å²) in [5.41, 5.74) is -0.485. The van der Waals surface area contributed by atoms with Crippen molar-refractivity contribution in [2.24, 2.45) is 0 Å². The number of carbonyl (C=O) groups is 4. The minimum Gasteiger partial charge on any atom is -0.456 e. The van der Waals surface area contributed by atoms with E-state index in [0.29, 0.717) is 5.56 Å². The average Bonchev–Trinajstić information content (AvgIpc) is 2.86. The molecule has 0 heterocycles. The Balaban J connectivity index is 1.95. The molecule has 2 N–H and O–H groups in total. The van der Waals surface area contributed by atoms with Gasteiger partial charge in [-0.3, -0.25) is 9.59 Å². The number of benzene rings is 3. The van der Waals surface area contributed by atoms with Gasteiger partial charge in [0.1, 0.15) is 16.8 Å². The van der Waals surface area contributed by atoms with Gasteiger partial charge in [-0.05, 0) is 77.4 Å². The Morgan fingerprint density at radius 1 is 0.575 bits per heavy atom. The lowest BCUT2D eigenvalue weighted by Gasteiger charge is -2.21. The first-order valence-corrected chi connectivity index (χ1v) is 12.8. The number of rotatable bonds is 7. The van der Waals surface area contributed by atoms with Gasteiger partial charge in [-0.2, -0.15) is 0 Å². The number of ether oxygens (including phenoxy) is 2. The van der Waals surface area contributed by atoms with Crippen LogP contribution >= 0.6 is 0 Å². The van der Waals surface area contributed by atoms with Crippen LogP contribution in [0.25, 0.3) is 6.08 Å². The highest BCUT2D eigenvalue weighted by Gasteiger charge is 2.26. The molecule has 0 radical (unpaired) electrons. The largest absolute Gasteiger partial charge is 0.456 e. The first-order chi connectivity index (χ1) is 18.7. The van der Waals surface area contributed by atoms with Crippen LogP contribution in [0.5, 0.6) is 0 Å². The molecule has 0 aromatic heterocycles. The van der Waals surface area contributed by atoms with E-state index in [4.69, 9.17) is 9.47 Å². The summed E-state index contributed by atoms with van der Waals surface area (Å²) in [4.78, 5) is 52.6. The van der Waals surface area contributed by atoms with Gasteiger partial charge < -0.3 is 20.1 Å². The molecule has 0 fully saturated rings. The Bertz CT molecular complexity index is 1340. The fourth-order valence-electron chi connectivity index (χ4n) is 3.54. The molecule has 0 bridgehead atoms. The number of nitrogens with one attached hydrogen (secondary N) is 2. The highest BCUT2D eigenvalue weighted by Crippen LogP contribution is 2.23. The third-order valence-corrected chi connectivity index (χ3v) is 5.19. The Hall–Kier alpha value is -4.72. The molecule has 0 unspecified atom stereocenters. The van der Waals surface area contributed by atoms with Crippen molar-refractivity contribution in [2.75, 3.05) is 10.6 Å². The van der Waals surface area contributed by atoms with Gasteiger partial charge in [-0.15, -0.1) is 0 Å². The normalized spacial score (nSPS) is 11.2. The van der Waals surface area contributed by atoms with Gasteiger partial charge in [-0.25, -0.2) is 9.59 Å². The summed E-state index contributed by atoms with van der Waals surface area (Å²) in [5, 5.41) is 5.34. The van der Waals surface area contributed by atoms with E-state index in [1.54, 1.807) is 102 Å². The minimum atomic E-state index is -0.757. The third kappa shape index (κ3) is 8.66. The summed E-state index contributed by atoms with van der Waals surface area (Å²) >= 11 is 0. The fraction of sp³-hybridized carbons (Fsp3) is 0.250. The molecular formula is C32H34N2O6. The maximum absolute atomic E-state index is 13.5. The highest BCUT2D eigenvalue weighted by atomic mass is 16.6. The third-order valence-electron chi connectivity index (χ3n) is 5.19. The fourth-order valence-corrected chi connectivity index (χ4v) is 3.54. The van der Waals surface area contributed by atoms with Crippen LogP contribution in [-0.4, -0.2) is 35.0 Å². The van der Waals surface area contributed by atoms with E-state index >= 15 is 0 Å². The molecule has 3 aromatic carbocycles. The smallest absolute Gasteiger partial charge is 0.340 e. The standard InChI is InChI=1S/C32H34N2O6/c1-31(2,3)39-29(37)22-16-10-12-18-25(22)33-27(35)24(20-21-14-8-7-9-15-21)28(36)34-26-19-13-11-17-23(26)30(38)40-32(4,5)6/h7-20H,1-6H3,(H,33,35)(H,34,36). The Kier molecular flexibility index (Phi) is 9.27. The van der Waals surface area contributed by atoms with Crippen LogP contribution in [0.3, 0.4) is 0 Å². The molecule has 3 rings (SSSR count). The predicted octanol–water partition coefficient (Wildman–Crippen LogP) is 6.26. The van der Waals surface area contributed by atoms with Gasteiger partial charge in [0.05, 0.1) is 22.5 Å². The van der Waals surface area contributed by atoms with Crippen LogP contribution in [0.4, 0.5) is 11.4 Å². The SMILES string of the molecule is CC(C)(C)OC(=O)c1ccccc1NC(=O)C(=Cc1ccccc1)C(=O)Nc1ccccc1C(=O)OC(C)(C)C. The number of anilines is 2. The molecule has 40 heavy (non-hydrogen) atoms. The molecule has 0 spiro atoms. The lowest BCUT2D eigenvalue weighted by molar-refractivity contribution is -0.118. The lowest BCUT2D eigenvalue weighted by Crippen LogP contribution is -2.28. The maximum Gasteiger partial charge on any atom is 0.340 e. The van der Waals surface area contributed by atoms with Gasteiger partial charge in [0, 0.05) is 0 Å². The van der Waals surface area contributed by atoms with Crippen molar-refractivity contribution in [1.29, 1.82) is 0 Å². The quantitative estimate of drug-likeness (QED) is 0.158. The topological polar surface area (TPSA) is 111 Å². The second kappa shape index (κ2) is 12.4. The van der Waals surface area contributed by atoms with Crippen molar-refractivity contribution in [3.63, 3.8) is 0 Å². The van der Waals surface area contributed by atoms with E-state index in [1.165, 1.54) is 18.2 Å². The molecule has 0 atom stereocenters. The van der Waals surface area contributed by atoms with Crippen molar-refractivity contribution < 1.29 is 28.7 Å². The summed E-state index contributed by atoms with van der Waals surface area (Å²) < 4.78 is 10.9. The zero-order valence-corrected chi connectivity index (χ0v) is 23.5. The van der Waals surface area contributed by atoms with E-state index < -0.39 is 35.0 Å². The first-order valence-electron chi connectivity index (χ1n) is 12.8. The zero-order chi connectivity index (χ0) is 29.5. The number of hydrogen-bond donors (Lipinski definition) is 2. The van der Waals surface area contributed by atoms with Crippen LogP contribution < -0.4 is 10.6 Å². The summed E-state index contributed by atoms with van der Waals surface area (Å²) in [6.45, 7) is 10.5. The molecule has 0 saturated heterocycles. The van der Waals surface area contributed by atoms with Gasteiger partial charge in [0.2, 0.25) is 0 Å². The van der Waals surface area contributed by atoms with Crippen LogP contribution in [0.2, 0.25) is 0 Å². The number of para-hydroxylation sites is 2. The summed E-state index contributed by atoms with van der Waals surface area (Å²) in [7, 11) is 0. The number of hydrogen-bond acceptors (Lipinski definition) is 6. The molecule has 2 amide bonds. The number of carbonyl (C=O) groups excluding carboxylic acids is 4. The van der Waals surface area contributed by atoms with Crippen molar-refractivity contribution in [3.05, 3.63) is 101 Å². The number of amides is 2. The van der Waals surface area contributed by atoms with Crippen molar-refractivity contribution >= 4 is 41.2 Å². The number of esters is 2. The molecule has 3 aromatic rings. The van der Waals surface area contributed by atoms with Crippen molar-refractivity contribution in [3.8, 4) is 0 Å². The molecule has 8 heteroatoms. The molecule has 0 saturated carbocycles. The van der Waals surface area contributed by atoms with Crippen LogP contribution in [-0.2, 0) is 19.1 Å². The summed E-state index contributed by atoms with van der Waals surface area (Å²) in [6.07, 6.45) is 1.43. The van der Waals surface area contributed by atoms with Crippen LogP contribution in [0, 0.1) is 0 Å². The molecule has 208 valence electrons. The molecule has 0 aliphatic heterocycles. The van der Waals surface area contributed by atoms with Crippen LogP contribution in [0.1, 0.15) is 67.8 Å². The van der Waals surface area contributed by atoms with E-state index in [1.807, 2.05) is 6.07 Å². The minimum absolute atomic E-state index is 0.139. The molecule has 0 aliphatic carbocycles. The molecule has 8 nitrogen and oxygen atoms in total. The highest BCUT2D eigenvalue weighted by molar-refractivity contribution is 6.29. The Morgan fingerprint density at radius 2 is 0.950 bits per heavy atom. The van der Waals surface area contributed by atoms with E-state index in [9.17, 15) is 19.2 Å². The second-order valence-corrected chi connectivity index (χ2v) is 11.0. The monoisotopic (exact) mass is 542 g/mol.